The van der Waals surface area contributed by atoms with E-state index in [4.69, 9.17) is 10.5 Å². The third-order valence-corrected chi connectivity index (χ3v) is 5.69. The van der Waals surface area contributed by atoms with Crippen LogP contribution in [0.2, 0.25) is 0 Å². The summed E-state index contributed by atoms with van der Waals surface area (Å²) in [5.41, 5.74) is 6.11. The van der Waals surface area contributed by atoms with Crippen LogP contribution in [-0.2, 0) is 4.79 Å². The smallest absolute Gasteiger partial charge is 0.471 e. The minimum absolute atomic E-state index is 0.315. The molecule has 1 aromatic carbocycles. The molecule has 0 aliphatic carbocycles. The minimum Gasteiger partial charge on any atom is -0.493 e. The Labute approximate surface area is 196 Å². The van der Waals surface area contributed by atoms with Gasteiger partial charge in [-0.05, 0) is 12.5 Å². The molecule has 33 heavy (non-hydrogen) atoms. The highest BCUT2D eigenvalue weighted by molar-refractivity contribution is 5.82. The lowest BCUT2D eigenvalue weighted by atomic mass is 9.99. The van der Waals surface area contributed by atoms with E-state index in [1.165, 1.54) is 57.8 Å². The van der Waals surface area contributed by atoms with Gasteiger partial charge in [-0.3, -0.25) is 4.79 Å². The summed E-state index contributed by atoms with van der Waals surface area (Å²) in [5, 5.41) is 11.3. The van der Waals surface area contributed by atoms with E-state index >= 15 is 0 Å². The van der Waals surface area contributed by atoms with Crippen molar-refractivity contribution in [3.05, 3.63) is 29.8 Å². The zero-order valence-electron chi connectivity index (χ0n) is 19.8. The fourth-order valence-electron chi connectivity index (χ4n) is 3.74. The van der Waals surface area contributed by atoms with E-state index in [1.54, 1.807) is 24.3 Å². The van der Waals surface area contributed by atoms with Gasteiger partial charge in [0.05, 0.1) is 25.3 Å². The Morgan fingerprint density at radius 2 is 1.48 bits per heavy atom. The second-order valence-corrected chi connectivity index (χ2v) is 8.57. The summed E-state index contributed by atoms with van der Waals surface area (Å²) in [5.74, 6) is -1.75. The third-order valence-electron chi connectivity index (χ3n) is 5.69. The number of aliphatic hydroxyl groups excluding tert-OH is 1. The lowest BCUT2D eigenvalue weighted by molar-refractivity contribution is -0.174. The molecule has 1 amide bonds. The first-order chi connectivity index (χ1) is 15.8. The molecule has 0 spiro atoms. The number of nitrogens with one attached hydrogen (secondary N) is 1. The molecule has 1 aromatic rings. The van der Waals surface area contributed by atoms with Gasteiger partial charge < -0.3 is 20.9 Å². The molecule has 0 aliphatic heterocycles. The van der Waals surface area contributed by atoms with Gasteiger partial charge in [0.25, 0.3) is 0 Å². The molecule has 0 saturated carbocycles. The molecule has 0 bridgehead atoms. The minimum atomic E-state index is -5.04. The van der Waals surface area contributed by atoms with Crippen molar-refractivity contribution in [3.8, 4) is 5.75 Å². The largest absolute Gasteiger partial charge is 0.493 e. The molecule has 0 saturated heterocycles. The van der Waals surface area contributed by atoms with Crippen molar-refractivity contribution in [3.63, 3.8) is 0 Å². The molecule has 8 heteroatoms. The van der Waals surface area contributed by atoms with E-state index in [9.17, 15) is 23.1 Å². The van der Waals surface area contributed by atoms with Gasteiger partial charge in [0.1, 0.15) is 5.75 Å². The van der Waals surface area contributed by atoms with Crippen LogP contribution in [-0.4, -0.2) is 36.4 Å². The lowest BCUT2D eigenvalue weighted by Gasteiger charge is -2.26. The van der Waals surface area contributed by atoms with E-state index in [0.717, 1.165) is 19.3 Å². The van der Waals surface area contributed by atoms with Gasteiger partial charge in [0.15, 0.2) is 0 Å². The highest BCUT2D eigenvalue weighted by atomic mass is 19.4. The van der Waals surface area contributed by atoms with Crippen molar-refractivity contribution < 1.29 is 27.8 Å². The predicted octanol–water partition coefficient (Wildman–Crippen LogP) is 5.81. The van der Waals surface area contributed by atoms with Crippen molar-refractivity contribution in [1.29, 1.82) is 0 Å². The standard InChI is InChI=1S/C25H41F3N2O3/c1-2-3-4-5-6-7-8-9-10-11-12-15-18-33-22-17-14-13-16-20(22)23(21(29)19-31)30-24(32)25(26,27)28/h13-14,16-17,21,23,31H,2-12,15,18-19,29H2,1H3,(H,30,32). The monoisotopic (exact) mass is 474 g/mol. The van der Waals surface area contributed by atoms with Crippen molar-refractivity contribution in [2.75, 3.05) is 13.2 Å². The number of benzene rings is 1. The molecule has 2 atom stereocenters. The number of unbranched alkanes of at least 4 members (excludes halogenated alkanes) is 11. The number of nitrogens with two attached hydrogens (primary N) is 1. The quantitative estimate of drug-likeness (QED) is 0.235. The zero-order chi connectivity index (χ0) is 24.5. The van der Waals surface area contributed by atoms with E-state index in [0.29, 0.717) is 17.9 Å². The molecule has 0 aromatic heterocycles. The molecule has 1 rings (SSSR count). The number of amides is 1. The highest BCUT2D eigenvalue weighted by Crippen LogP contribution is 2.28. The predicted molar refractivity (Wildman–Crippen MR) is 125 cm³/mol. The first-order valence-corrected chi connectivity index (χ1v) is 12.3. The zero-order valence-corrected chi connectivity index (χ0v) is 19.8. The van der Waals surface area contributed by atoms with E-state index in [1.807, 2.05) is 5.32 Å². The van der Waals surface area contributed by atoms with Gasteiger partial charge in [0, 0.05) is 5.56 Å². The molecule has 0 aliphatic rings. The molecule has 0 radical (unpaired) electrons. The number of carbonyl (C=O) groups excluding carboxylic acids is 1. The number of para-hydroxylation sites is 1. The summed E-state index contributed by atoms with van der Waals surface area (Å²) < 4.78 is 44.0. The van der Waals surface area contributed by atoms with E-state index < -0.39 is 30.8 Å². The Balaban J connectivity index is 2.40. The molecule has 2 unspecified atom stereocenters. The average Bonchev–Trinajstić information content (AvgIpc) is 2.79. The van der Waals surface area contributed by atoms with Crippen LogP contribution in [0.15, 0.2) is 24.3 Å². The van der Waals surface area contributed by atoms with Crippen molar-refractivity contribution in [1.82, 2.24) is 5.32 Å². The maximum Gasteiger partial charge on any atom is 0.471 e. The maximum atomic E-state index is 12.7. The fourth-order valence-corrected chi connectivity index (χ4v) is 3.74. The summed E-state index contributed by atoms with van der Waals surface area (Å²) in [7, 11) is 0. The van der Waals surface area contributed by atoms with E-state index in [-0.39, 0.29) is 0 Å². The molecule has 5 nitrogen and oxygen atoms in total. The maximum absolute atomic E-state index is 12.7. The number of alkyl halides is 3. The summed E-state index contributed by atoms with van der Waals surface area (Å²) in [6.45, 7) is 2.06. The fraction of sp³-hybridized carbons (Fsp3) is 0.720. The normalized spacial score (nSPS) is 13.5. The third kappa shape index (κ3) is 12.3. The van der Waals surface area contributed by atoms with Gasteiger partial charge in [-0.15, -0.1) is 0 Å². The van der Waals surface area contributed by atoms with Crippen LogP contribution in [0.25, 0.3) is 0 Å². The van der Waals surface area contributed by atoms with Gasteiger partial charge in [-0.25, -0.2) is 0 Å². The molecular weight excluding hydrogens is 433 g/mol. The number of halogens is 3. The first kappa shape index (κ1) is 29.2. The van der Waals surface area contributed by atoms with Gasteiger partial charge in [0.2, 0.25) is 0 Å². The summed E-state index contributed by atoms with van der Waals surface area (Å²) in [4.78, 5) is 11.5. The number of aliphatic hydroxyl groups is 1. The SMILES string of the molecule is CCCCCCCCCCCCCCOc1ccccc1C(NC(=O)C(F)(F)F)C(N)CO. The number of carbonyl (C=O) groups is 1. The number of hydrogen-bond acceptors (Lipinski definition) is 4. The van der Waals surface area contributed by atoms with Crippen LogP contribution in [0.1, 0.15) is 95.6 Å². The lowest BCUT2D eigenvalue weighted by Crippen LogP contribution is -2.47. The number of hydrogen-bond donors (Lipinski definition) is 3. The Morgan fingerprint density at radius 1 is 0.970 bits per heavy atom. The summed E-state index contributed by atoms with van der Waals surface area (Å²) in [6.07, 6.45) is 9.61. The Bertz CT molecular complexity index is 656. The van der Waals surface area contributed by atoms with Crippen LogP contribution in [0.3, 0.4) is 0 Å². The van der Waals surface area contributed by atoms with Crippen molar-refractivity contribution >= 4 is 5.91 Å². The molecular formula is C25H41F3N2O3. The molecule has 0 heterocycles. The topological polar surface area (TPSA) is 84.6 Å². The van der Waals surface area contributed by atoms with Crippen molar-refractivity contribution in [2.45, 2.75) is 102 Å². The first-order valence-electron chi connectivity index (χ1n) is 12.3. The average molecular weight is 475 g/mol. The van der Waals surface area contributed by atoms with E-state index in [2.05, 4.69) is 6.92 Å². The van der Waals surface area contributed by atoms with Crippen LogP contribution in [0.5, 0.6) is 5.75 Å². The van der Waals surface area contributed by atoms with Gasteiger partial charge >= 0.3 is 12.1 Å². The molecule has 4 N–H and O–H groups in total. The Morgan fingerprint density at radius 3 is 2.00 bits per heavy atom. The van der Waals surface area contributed by atoms with Crippen LogP contribution in [0.4, 0.5) is 13.2 Å². The van der Waals surface area contributed by atoms with Crippen LogP contribution in [0, 0.1) is 0 Å². The van der Waals surface area contributed by atoms with Gasteiger partial charge in [-0.1, -0.05) is 95.8 Å². The molecule has 190 valence electrons. The van der Waals surface area contributed by atoms with Gasteiger partial charge in [-0.2, -0.15) is 13.2 Å². The summed E-state index contributed by atoms with van der Waals surface area (Å²) in [6, 6.07) is 4.19. The highest BCUT2D eigenvalue weighted by Gasteiger charge is 2.41. The number of ether oxygens (including phenoxy) is 1. The van der Waals surface area contributed by atoms with Crippen molar-refractivity contribution in [2.24, 2.45) is 5.73 Å². The number of rotatable bonds is 18. The second kappa shape index (κ2) is 16.8. The van der Waals surface area contributed by atoms with Crippen LogP contribution < -0.4 is 15.8 Å². The Hall–Kier alpha value is -1.80. The second-order valence-electron chi connectivity index (χ2n) is 8.57. The molecule has 0 fully saturated rings. The summed E-state index contributed by atoms with van der Waals surface area (Å²) >= 11 is 0. The van der Waals surface area contributed by atoms with Crippen LogP contribution >= 0.6 is 0 Å². The Kier molecular flexibility index (Phi) is 14.8.